The van der Waals surface area contributed by atoms with E-state index in [9.17, 15) is 14.4 Å². The van der Waals surface area contributed by atoms with E-state index in [4.69, 9.17) is 10.3 Å². The second kappa shape index (κ2) is 6.63. The van der Waals surface area contributed by atoms with Crippen LogP contribution in [0.15, 0.2) is 17.3 Å². The highest BCUT2D eigenvalue weighted by molar-refractivity contribution is 6.07. The zero-order valence-corrected chi connectivity index (χ0v) is 10.6. The summed E-state index contributed by atoms with van der Waals surface area (Å²) in [7, 11) is 0. The molecule has 0 amide bonds. The van der Waals surface area contributed by atoms with Crippen molar-refractivity contribution in [3.8, 4) is 0 Å². The Bertz CT molecular complexity index is 391. The van der Waals surface area contributed by atoms with Crippen LogP contribution in [0.1, 0.15) is 20.8 Å². The summed E-state index contributed by atoms with van der Waals surface area (Å²) in [4.78, 5) is 33.6. The van der Waals surface area contributed by atoms with Crippen LogP contribution in [-0.4, -0.2) is 36.5 Å². The Labute approximate surface area is 105 Å². The Morgan fingerprint density at radius 2 is 1.72 bits per heavy atom. The number of esters is 2. The Morgan fingerprint density at radius 1 is 1.22 bits per heavy atom. The molecule has 0 fully saturated rings. The summed E-state index contributed by atoms with van der Waals surface area (Å²) in [6.07, 6.45) is 0. The highest BCUT2D eigenvalue weighted by Gasteiger charge is 2.40. The van der Waals surface area contributed by atoms with Crippen molar-refractivity contribution in [1.82, 2.24) is 0 Å². The number of Topliss-reactive ketones (excluding diaryl/α,β-unsaturated/α-hetero) is 1. The lowest BCUT2D eigenvalue weighted by Gasteiger charge is -2.17. The van der Waals surface area contributed by atoms with Gasteiger partial charge in [0.1, 0.15) is 13.2 Å². The number of ketones is 1. The second-order valence-electron chi connectivity index (χ2n) is 3.79. The molecule has 0 spiro atoms. The van der Waals surface area contributed by atoms with Crippen LogP contribution < -0.4 is 0 Å². The third kappa shape index (κ3) is 4.08. The van der Waals surface area contributed by atoms with Crippen LogP contribution in [0.25, 0.3) is 0 Å². The number of rotatable bonds is 7. The average Bonchev–Trinajstić information content (AvgIpc) is 2.32. The first-order chi connectivity index (χ1) is 8.25. The minimum absolute atomic E-state index is 0.149. The molecule has 1 N–H and O–H groups in total. The summed E-state index contributed by atoms with van der Waals surface area (Å²) in [5.74, 6) is -2.14. The first-order valence-corrected chi connectivity index (χ1v) is 5.15. The number of ether oxygens (including phenoxy) is 2. The molecular formula is C11H16N2O5. The number of nitrogens with one attached hydrogen (secondary N) is 1. The molecular weight excluding hydrogens is 240 g/mol. The molecule has 7 heteroatoms. The zero-order chi connectivity index (χ0) is 14.3. The maximum Gasteiger partial charge on any atom is 0.343 e. The van der Waals surface area contributed by atoms with E-state index in [0.717, 1.165) is 6.92 Å². The Kier molecular flexibility index (Phi) is 5.87. The van der Waals surface area contributed by atoms with Crippen LogP contribution in [-0.2, 0) is 23.9 Å². The molecule has 0 rings (SSSR count). The van der Waals surface area contributed by atoms with E-state index in [1.807, 2.05) is 0 Å². The molecule has 0 saturated heterocycles. The zero-order valence-electron chi connectivity index (χ0n) is 10.6. The Balaban J connectivity index is 4.20. The van der Waals surface area contributed by atoms with E-state index in [1.165, 1.54) is 13.8 Å². The monoisotopic (exact) mass is 256 g/mol. The van der Waals surface area contributed by atoms with Gasteiger partial charge in [0.05, 0.1) is 0 Å². The van der Waals surface area contributed by atoms with Crippen molar-refractivity contribution in [1.29, 1.82) is 5.53 Å². The van der Waals surface area contributed by atoms with E-state index in [-0.39, 0.29) is 18.8 Å². The third-order valence-corrected chi connectivity index (χ3v) is 2.20. The molecule has 0 radical (unpaired) electrons. The molecule has 100 valence electrons. The van der Waals surface area contributed by atoms with E-state index in [1.54, 1.807) is 0 Å². The maximum absolute atomic E-state index is 11.5. The lowest BCUT2D eigenvalue weighted by molar-refractivity contribution is -0.156. The highest BCUT2D eigenvalue weighted by Crippen LogP contribution is 2.13. The quantitative estimate of drug-likeness (QED) is 0.241. The molecule has 0 aromatic heterocycles. The van der Waals surface area contributed by atoms with Crippen molar-refractivity contribution in [2.75, 3.05) is 13.2 Å². The lowest BCUT2D eigenvalue weighted by atomic mass is 9.99. The standard InChI is InChI=1S/C11H16N2O5/c1-7(2)9(15)17-5-6-18-10(16)11(4,13-12)8(3)14/h12H,1,5-6H2,2-4H3. The van der Waals surface area contributed by atoms with Crippen molar-refractivity contribution in [3.63, 3.8) is 0 Å². The van der Waals surface area contributed by atoms with Gasteiger partial charge in [0.25, 0.3) is 0 Å². The molecule has 0 aromatic carbocycles. The van der Waals surface area contributed by atoms with Crippen molar-refractivity contribution in [2.45, 2.75) is 26.3 Å². The molecule has 18 heavy (non-hydrogen) atoms. The fourth-order valence-corrected chi connectivity index (χ4v) is 0.801. The van der Waals surface area contributed by atoms with Crippen LogP contribution in [0.3, 0.4) is 0 Å². The minimum atomic E-state index is -1.83. The summed E-state index contributed by atoms with van der Waals surface area (Å²) < 4.78 is 9.39. The van der Waals surface area contributed by atoms with Gasteiger partial charge in [0.2, 0.25) is 5.54 Å². The summed E-state index contributed by atoms with van der Waals surface area (Å²) in [6, 6.07) is 0. The van der Waals surface area contributed by atoms with E-state index < -0.39 is 23.3 Å². The predicted molar refractivity (Wildman–Crippen MR) is 61.0 cm³/mol. The van der Waals surface area contributed by atoms with Gasteiger partial charge in [-0.15, -0.1) is 0 Å². The normalized spacial score (nSPS) is 13.1. The topological polar surface area (TPSA) is 106 Å². The molecule has 1 unspecified atom stereocenters. The maximum atomic E-state index is 11.5. The van der Waals surface area contributed by atoms with Crippen LogP contribution in [0.2, 0.25) is 0 Å². The largest absolute Gasteiger partial charge is 0.460 e. The summed E-state index contributed by atoms with van der Waals surface area (Å²) in [6.45, 7) is 6.83. The highest BCUT2D eigenvalue weighted by atomic mass is 16.6. The number of nitrogens with zero attached hydrogens (tertiary/aromatic N) is 1. The average molecular weight is 256 g/mol. The molecule has 0 aliphatic rings. The molecule has 0 aliphatic heterocycles. The van der Waals surface area contributed by atoms with Crippen LogP contribution in [0, 0.1) is 5.53 Å². The van der Waals surface area contributed by atoms with Crippen LogP contribution in [0.5, 0.6) is 0 Å². The molecule has 1 atom stereocenters. The predicted octanol–water partition coefficient (Wildman–Crippen LogP) is 1.03. The van der Waals surface area contributed by atoms with Gasteiger partial charge in [-0.3, -0.25) is 4.79 Å². The second-order valence-corrected chi connectivity index (χ2v) is 3.79. The van der Waals surface area contributed by atoms with Gasteiger partial charge in [0.15, 0.2) is 5.78 Å². The molecule has 0 heterocycles. The smallest absolute Gasteiger partial charge is 0.343 e. The first kappa shape index (κ1) is 16.0. The minimum Gasteiger partial charge on any atom is -0.460 e. The van der Waals surface area contributed by atoms with Crippen LogP contribution in [0.4, 0.5) is 0 Å². The van der Waals surface area contributed by atoms with Gasteiger partial charge in [-0.2, -0.15) is 5.11 Å². The number of carbonyl (C=O) groups excluding carboxylic acids is 3. The van der Waals surface area contributed by atoms with E-state index >= 15 is 0 Å². The summed E-state index contributed by atoms with van der Waals surface area (Å²) in [5, 5.41) is 2.97. The summed E-state index contributed by atoms with van der Waals surface area (Å²) >= 11 is 0. The van der Waals surface area contributed by atoms with Gasteiger partial charge in [-0.05, 0) is 20.8 Å². The van der Waals surface area contributed by atoms with Gasteiger partial charge in [0, 0.05) is 5.57 Å². The number of hydrogen-bond donors (Lipinski definition) is 1. The van der Waals surface area contributed by atoms with Gasteiger partial charge in [-0.1, -0.05) is 6.58 Å². The number of carbonyl (C=O) groups is 3. The van der Waals surface area contributed by atoms with Crippen molar-refractivity contribution < 1.29 is 23.9 Å². The molecule has 7 nitrogen and oxygen atoms in total. The van der Waals surface area contributed by atoms with Crippen molar-refractivity contribution in [3.05, 3.63) is 12.2 Å². The van der Waals surface area contributed by atoms with Gasteiger partial charge in [-0.25, -0.2) is 15.1 Å². The SMILES string of the molecule is C=C(C)C(=O)OCCOC(=O)C(C)(N=N)C(C)=O. The Hall–Kier alpha value is -2.05. The number of hydrogen-bond acceptors (Lipinski definition) is 7. The van der Waals surface area contributed by atoms with Gasteiger partial charge >= 0.3 is 11.9 Å². The molecule has 0 saturated carbocycles. The third-order valence-electron chi connectivity index (χ3n) is 2.20. The fourth-order valence-electron chi connectivity index (χ4n) is 0.801. The van der Waals surface area contributed by atoms with Crippen LogP contribution >= 0.6 is 0 Å². The fraction of sp³-hybridized carbons (Fsp3) is 0.545. The van der Waals surface area contributed by atoms with Crippen molar-refractivity contribution >= 4 is 17.7 Å². The Morgan fingerprint density at radius 3 is 2.11 bits per heavy atom. The van der Waals surface area contributed by atoms with Gasteiger partial charge < -0.3 is 9.47 Å². The van der Waals surface area contributed by atoms with E-state index in [2.05, 4.69) is 16.4 Å². The van der Waals surface area contributed by atoms with E-state index in [0.29, 0.717) is 0 Å². The van der Waals surface area contributed by atoms with Crippen molar-refractivity contribution in [2.24, 2.45) is 5.11 Å². The summed E-state index contributed by atoms with van der Waals surface area (Å²) in [5.41, 5.74) is 5.23. The molecule has 0 aromatic rings. The first-order valence-electron chi connectivity index (χ1n) is 5.15. The lowest BCUT2D eigenvalue weighted by Crippen LogP contribution is -2.41. The molecule has 0 aliphatic carbocycles. The molecule has 0 bridgehead atoms.